The first-order valence-corrected chi connectivity index (χ1v) is 7.00. The molecule has 0 bridgehead atoms. The van der Waals surface area contributed by atoms with E-state index in [2.05, 4.69) is 31.2 Å². The lowest BCUT2D eigenvalue weighted by molar-refractivity contribution is 0.00282. The molecule has 18 heavy (non-hydrogen) atoms. The summed E-state index contributed by atoms with van der Waals surface area (Å²) >= 11 is 0. The second-order valence-corrected chi connectivity index (χ2v) is 5.53. The second-order valence-electron chi connectivity index (χ2n) is 5.53. The van der Waals surface area contributed by atoms with Crippen molar-refractivity contribution in [2.75, 3.05) is 6.54 Å². The van der Waals surface area contributed by atoms with Crippen molar-refractivity contribution in [1.29, 1.82) is 0 Å². The van der Waals surface area contributed by atoms with Crippen LogP contribution in [-0.4, -0.2) is 17.3 Å². The van der Waals surface area contributed by atoms with Gasteiger partial charge in [-0.3, -0.25) is 0 Å². The van der Waals surface area contributed by atoms with Crippen molar-refractivity contribution >= 4 is 0 Å². The Morgan fingerprint density at radius 2 is 2.00 bits per heavy atom. The summed E-state index contributed by atoms with van der Waals surface area (Å²) in [6, 6.07) is 8.66. The van der Waals surface area contributed by atoms with E-state index in [9.17, 15) is 5.11 Å². The maximum atomic E-state index is 10.2. The molecule has 0 saturated heterocycles. The fourth-order valence-electron chi connectivity index (χ4n) is 2.14. The van der Waals surface area contributed by atoms with Gasteiger partial charge in [0, 0.05) is 0 Å². The first-order valence-electron chi connectivity index (χ1n) is 7.00. The minimum Gasteiger partial charge on any atom is -0.390 e. The van der Waals surface area contributed by atoms with Crippen LogP contribution in [0.15, 0.2) is 24.3 Å². The molecule has 1 rings (SSSR count). The van der Waals surface area contributed by atoms with Gasteiger partial charge in [-0.25, -0.2) is 0 Å². The van der Waals surface area contributed by atoms with Gasteiger partial charge in [0.25, 0.3) is 0 Å². The third kappa shape index (κ3) is 4.43. The highest BCUT2D eigenvalue weighted by molar-refractivity contribution is 5.24. The van der Waals surface area contributed by atoms with Gasteiger partial charge in [0.05, 0.1) is 5.60 Å². The lowest BCUT2D eigenvalue weighted by atomic mass is 9.83. The number of aryl methyl sites for hydroxylation is 1. The van der Waals surface area contributed by atoms with Crippen molar-refractivity contribution in [2.24, 2.45) is 11.7 Å². The normalized spacial score (nSPS) is 16.3. The molecule has 0 aliphatic carbocycles. The van der Waals surface area contributed by atoms with Crippen LogP contribution in [0.3, 0.4) is 0 Å². The van der Waals surface area contributed by atoms with Crippen molar-refractivity contribution < 1.29 is 5.11 Å². The Labute approximate surface area is 111 Å². The number of hydrogen-bond acceptors (Lipinski definition) is 2. The molecule has 0 saturated carbocycles. The highest BCUT2D eigenvalue weighted by atomic mass is 16.3. The van der Waals surface area contributed by atoms with Crippen LogP contribution in [0.1, 0.15) is 44.7 Å². The van der Waals surface area contributed by atoms with E-state index in [0.717, 1.165) is 32.2 Å². The van der Waals surface area contributed by atoms with Crippen LogP contribution in [0.25, 0.3) is 0 Å². The van der Waals surface area contributed by atoms with Crippen LogP contribution in [0, 0.1) is 5.92 Å². The molecular weight excluding hydrogens is 222 g/mol. The number of nitrogens with two attached hydrogens (primary N) is 1. The second kappa shape index (κ2) is 6.91. The first-order chi connectivity index (χ1) is 8.49. The SMILES string of the molecule is CCC(C)(O)C(C)Cc1cccc(CCCN)c1. The molecule has 2 unspecified atom stereocenters. The van der Waals surface area contributed by atoms with Gasteiger partial charge in [0.2, 0.25) is 0 Å². The fourth-order valence-corrected chi connectivity index (χ4v) is 2.14. The predicted octanol–water partition coefficient (Wildman–Crippen LogP) is 2.92. The van der Waals surface area contributed by atoms with E-state index in [1.54, 1.807) is 0 Å². The Bertz CT molecular complexity index is 360. The molecule has 1 aromatic carbocycles. The Balaban J connectivity index is 2.67. The van der Waals surface area contributed by atoms with E-state index in [4.69, 9.17) is 5.73 Å². The first kappa shape index (κ1) is 15.2. The Morgan fingerprint density at radius 3 is 2.61 bits per heavy atom. The van der Waals surface area contributed by atoms with Gasteiger partial charge in [0.1, 0.15) is 0 Å². The van der Waals surface area contributed by atoms with Gasteiger partial charge in [-0.15, -0.1) is 0 Å². The standard InChI is InChI=1S/C16H27NO/c1-4-16(3,18)13(2)11-15-8-5-7-14(12-15)9-6-10-17/h5,7-8,12-13,18H,4,6,9-11,17H2,1-3H3. The summed E-state index contributed by atoms with van der Waals surface area (Å²) in [4.78, 5) is 0. The molecule has 2 atom stereocenters. The molecular formula is C16H27NO. The van der Waals surface area contributed by atoms with Crippen molar-refractivity contribution in [3.63, 3.8) is 0 Å². The van der Waals surface area contributed by atoms with E-state index in [1.165, 1.54) is 11.1 Å². The molecule has 0 radical (unpaired) electrons. The molecule has 0 aromatic heterocycles. The lowest BCUT2D eigenvalue weighted by Crippen LogP contribution is -2.33. The minimum absolute atomic E-state index is 0.271. The van der Waals surface area contributed by atoms with Gasteiger partial charge in [0.15, 0.2) is 0 Å². The van der Waals surface area contributed by atoms with Gasteiger partial charge in [-0.1, -0.05) is 38.1 Å². The summed E-state index contributed by atoms with van der Waals surface area (Å²) in [6.07, 6.45) is 3.80. The minimum atomic E-state index is -0.576. The van der Waals surface area contributed by atoms with E-state index in [-0.39, 0.29) is 5.92 Å². The summed E-state index contributed by atoms with van der Waals surface area (Å²) < 4.78 is 0. The molecule has 2 heteroatoms. The van der Waals surface area contributed by atoms with E-state index in [0.29, 0.717) is 0 Å². The molecule has 0 aliphatic rings. The topological polar surface area (TPSA) is 46.2 Å². The maximum absolute atomic E-state index is 10.2. The highest BCUT2D eigenvalue weighted by Gasteiger charge is 2.25. The zero-order valence-electron chi connectivity index (χ0n) is 11.9. The van der Waals surface area contributed by atoms with Crippen molar-refractivity contribution in [2.45, 2.75) is 52.1 Å². The third-order valence-corrected chi connectivity index (χ3v) is 3.98. The van der Waals surface area contributed by atoms with Crippen LogP contribution in [0.4, 0.5) is 0 Å². The van der Waals surface area contributed by atoms with Crippen LogP contribution in [-0.2, 0) is 12.8 Å². The van der Waals surface area contributed by atoms with Gasteiger partial charge in [-0.05, 0) is 56.2 Å². The number of aliphatic hydroxyl groups is 1. The molecule has 0 fully saturated rings. The molecule has 0 spiro atoms. The molecule has 2 nitrogen and oxygen atoms in total. The third-order valence-electron chi connectivity index (χ3n) is 3.98. The van der Waals surface area contributed by atoms with Gasteiger partial charge in [-0.2, -0.15) is 0 Å². The van der Waals surface area contributed by atoms with Crippen LogP contribution < -0.4 is 5.73 Å². The maximum Gasteiger partial charge on any atom is 0.0645 e. The van der Waals surface area contributed by atoms with Crippen molar-refractivity contribution in [3.8, 4) is 0 Å². The van der Waals surface area contributed by atoms with E-state index in [1.807, 2.05) is 13.8 Å². The van der Waals surface area contributed by atoms with E-state index < -0.39 is 5.60 Å². The van der Waals surface area contributed by atoms with E-state index >= 15 is 0 Å². The largest absolute Gasteiger partial charge is 0.390 e. The van der Waals surface area contributed by atoms with Gasteiger partial charge < -0.3 is 10.8 Å². The number of rotatable bonds is 7. The van der Waals surface area contributed by atoms with Crippen LogP contribution in [0.2, 0.25) is 0 Å². The van der Waals surface area contributed by atoms with Gasteiger partial charge >= 0.3 is 0 Å². The summed E-state index contributed by atoms with van der Waals surface area (Å²) in [6.45, 7) is 6.82. The Hall–Kier alpha value is -0.860. The van der Waals surface area contributed by atoms with Crippen molar-refractivity contribution in [3.05, 3.63) is 35.4 Å². The predicted molar refractivity (Wildman–Crippen MR) is 77.6 cm³/mol. The van der Waals surface area contributed by atoms with Crippen LogP contribution in [0.5, 0.6) is 0 Å². The molecule has 0 heterocycles. The summed E-state index contributed by atoms with van der Waals surface area (Å²) in [5.41, 5.74) is 7.62. The summed E-state index contributed by atoms with van der Waals surface area (Å²) in [5, 5.41) is 10.2. The highest BCUT2D eigenvalue weighted by Crippen LogP contribution is 2.24. The van der Waals surface area contributed by atoms with Crippen molar-refractivity contribution in [1.82, 2.24) is 0 Å². The summed E-state index contributed by atoms with van der Waals surface area (Å²) in [7, 11) is 0. The smallest absolute Gasteiger partial charge is 0.0645 e. The monoisotopic (exact) mass is 249 g/mol. The van der Waals surface area contributed by atoms with Crippen LogP contribution >= 0.6 is 0 Å². The molecule has 0 aliphatic heterocycles. The number of benzene rings is 1. The number of hydrogen-bond donors (Lipinski definition) is 2. The average molecular weight is 249 g/mol. The average Bonchev–Trinajstić information content (AvgIpc) is 2.36. The Kier molecular flexibility index (Phi) is 5.83. The Morgan fingerprint density at radius 1 is 1.33 bits per heavy atom. The molecule has 102 valence electrons. The zero-order valence-corrected chi connectivity index (χ0v) is 11.9. The molecule has 3 N–H and O–H groups in total. The molecule has 0 amide bonds. The quantitative estimate of drug-likeness (QED) is 0.780. The molecule has 1 aromatic rings. The zero-order chi connectivity index (χ0) is 13.6. The summed E-state index contributed by atoms with van der Waals surface area (Å²) in [5.74, 6) is 0.271. The fraction of sp³-hybridized carbons (Fsp3) is 0.625. The lowest BCUT2D eigenvalue weighted by Gasteiger charge is -2.29.